The summed E-state index contributed by atoms with van der Waals surface area (Å²) in [4.78, 5) is 3.15. The van der Waals surface area contributed by atoms with E-state index in [1.165, 1.54) is 6.42 Å². The first kappa shape index (κ1) is 11.9. The van der Waals surface area contributed by atoms with Crippen LogP contribution in [0.5, 0.6) is 0 Å². The highest BCUT2D eigenvalue weighted by Crippen LogP contribution is 2.60. The van der Waals surface area contributed by atoms with Crippen molar-refractivity contribution in [1.29, 1.82) is 0 Å². The molecule has 4 rings (SSSR count). The van der Waals surface area contributed by atoms with Crippen LogP contribution in [0.2, 0.25) is 0 Å². The maximum Gasteiger partial charge on any atom is 0.00389 e. The molecule has 2 heteroatoms. The van der Waals surface area contributed by atoms with Crippen molar-refractivity contribution >= 4 is 32.7 Å². The maximum absolute atomic E-state index is 4.33. The van der Waals surface area contributed by atoms with Crippen molar-refractivity contribution in [2.75, 3.05) is 0 Å². The molecule has 2 bridgehead atoms. The third kappa shape index (κ3) is 1.70. The van der Waals surface area contributed by atoms with E-state index in [1.807, 2.05) is 0 Å². The number of hydrogen-bond donors (Lipinski definition) is 0. The van der Waals surface area contributed by atoms with Gasteiger partial charge in [0.25, 0.3) is 0 Å². The first-order valence-electron chi connectivity index (χ1n) is 6.76. The predicted molar refractivity (Wildman–Crippen MR) is 91.6 cm³/mol. The Bertz CT molecular complexity index is 574. The highest BCUT2D eigenvalue weighted by atomic mass is 32.2. The van der Waals surface area contributed by atoms with Crippen LogP contribution < -0.4 is 0 Å². The standard InChI is InChI=1S/C17H18S2/c1-18-9-3-5-14(18)16-12-7-8-13(11-12)17(16)15-6-4-10-19(15)2/h3-10,12-13,16-17H,1-2,11H2. The molecule has 6 unspecified atom stereocenters. The Morgan fingerprint density at radius 3 is 1.68 bits per heavy atom. The molecule has 0 spiro atoms. The van der Waals surface area contributed by atoms with E-state index in [2.05, 4.69) is 59.0 Å². The predicted octanol–water partition coefficient (Wildman–Crippen LogP) is 4.65. The summed E-state index contributed by atoms with van der Waals surface area (Å²) in [5.41, 5.74) is 0. The second-order valence-electron chi connectivity index (χ2n) is 5.65. The quantitative estimate of drug-likeness (QED) is 0.512. The van der Waals surface area contributed by atoms with Gasteiger partial charge in [-0.25, -0.2) is 0 Å². The topological polar surface area (TPSA) is 0 Å². The molecule has 0 aromatic rings. The highest BCUT2D eigenvalue weighted by molar-refractivity contribution is 8.20. The molecule has 0 aromatic heterocycles. The van der Waals surface area contributed by atoms with E-state index in [1.54, 1.807) is 9.81 Å². The zero-order valence-electron chi connectivity index (χ0n) is 10.9. The Morgan fingerprint density at radius 1 is 0.842 bits per heavy atom. The van der Waals surface area contributed by atoms with Gasteiger partial charge < -0.3 is 0 Å². The molecule has 0 nitrogen and oxygen atoms in total. The summed E-state index contributed by atoms with van der Waals surface area (Å²) >= 11 is 0. The average molecular weight is 286 g/mol. The minimum atomic E-state index is 0.0975. The molecule has 0 amide bonds. The highest BCUT2D eigenvalue weighted by Gasteiger charge is 2.48. The molecule has 0 radical (unpaired) electrons. The molecule has 0 N–H and O–H groups in total. The minimum Gasteiger partial charge on any atom is -0.142 e. The van der Waals surface area contributed by atoms with Crippen LogP contribution in [-0.2, 0) is 0 Å². The van der Waals surface area contributed by atoms with E-state index >= 15 is 0 Å². The average Bonchev–Trinajstić information content (AvgIpc) is 3.11. The first-order chi connectivity index (χ1) is 9.25. The van der Waals surface area contributed by atoms with Crippen LogP contribution in [0.25, 0.3) is 0 Å². The lowest BCUT2D eigenvalue weighted by Crippen LogP contribution is -2.21. The number of hydrogen-bond acceptors (Lipinski definition) is 0. The fourth-order valence-electron chi connectivity index (χ4n) is 3.96. The lowest BCUT2D eigenvalue weighted by molar-refractivity contribution is 0.436. The van der Waals surface area contributed by atoms with Gasteiger partial charge in [0.2, 0.25) is 0 Å². The summed E-state index contributed by atoms with van der Waals surface area (Å²) < 4.78 is 0. The summed E-state index contributed by atoms with van der Waals surface area (Å²) in [5, 5.41) is 4.51. The van der Waals surface area contributed by atoms with E-state index in [-0.39, 0.29) is 21.0 Å². The fraction of sp³-hybridized carbons (Fsp3) is 0.294. The van der Waals surface area contributed by atoms with Crippen molar-refractivity contribution in [3.05, 3.63) is 57.1 Å². The van der Waals surface area contributed by atoms with Gasteiger partial charge in [0.05, 0.1) is 0 Å². The lowest BCUT2D eigenvalue weighted by Gasteiger charge is -2.31. The van der Waals surface area contributed by atoms with Gasteiger partial charge in [-0.05, 0) is 38.9 Å². The van der Waals surface area contributed by atoms with Crippen molar-refractivity contribution in [3.63, 3.8) is 0 Å². The van der Waals surface area contributed by atoms with Gasteiger partial charge in [0, 0.05) is 11.8 Å². The first-order valence-corrected chi connectivity index (χ1v) is 9.68. The fourth-order valence-corrected chi connectivity index (χ4v) is 6.66. The summed E-state index contributed by atoms with van der Waals surface area (Å²) in [5.74, 6) is 11.5. The summed E-state index contributed by atoms with van der Waals surface area (Å²) in [7, 11) is 0.195. The smallest absolute Gasteiger partial charge is 0.00389 e. The van der Waals surface area contributed by atoms with E-state index in [9.17, 15) is 0 Å². The molecule has 19 heavy (non-hydrogen) atoms. The van der Waals surface area contributed by atoms with Crippen LogP contribution in [0, 0.1) is 23.7 Å². The van der Waals surface area contributed by atoms with Crippen LogP contribution in [0.4, 0.5) is 0 Å². The largest absolute Gasteiger partial charge is 0.142 e. The summed E-state index contributed by atoms with van der Waals surface area (Å²) in [6.07, 6.45) is 15.3. The Labute approximate surface area is 120 Å². The maximum atomic E-state index is 4.33. The van der Waals surface area contributed by atoms with Crippen LogP contribution in [0.3, 0.4) is 0 Å². The molecule has 1 fully saturated rings. The van der Waals surface area contributed by atoms with E-state index in [0.717, 1.165) is 11.8 Å². The second-order valence-corrected chi connectivity index (χ2v) is 8.86. The Balaban J connectivity index is 1.75. The van der Waals surface area contributed by atoms with Gasteiger partial charge in [0.15, 0.2) is 0 Å². The Kier molecular flexibility index (Phi) is 2.71. The second kappa shape index (κ2) is 4.32. The number of allylic oxidation sites excluding steroid dienone is 8. The normalized spacial score (nSPS) is 46.1. The summed E-state index contributed by atoms with van der Waals surface area (Å²) in [6.45, 7) is 0. The van der Waals surface area contributed by atoms with Gasteiger partial charge in [0.1, 0.15) is 0 Å². The molecular weight excluding hydrogens is 268 g/mol. The van der Waals surface area contributed by atoms with Crippen molar-refractivity contribution in [2.24, 2.45) is 23.7 Å². The molecule has 2 aliphatic heterocycles. The van der Waals surface area contributed by atoms with Crippen LogP contribution in [0.1, 0.15) is 6.42 Å². The van der Waals surface area contributed by atoms with E-state index in [0.29, 0.717) is 11.8 Å². The van der Waals surface area contributed by atoms with Gasteiger partial charge in [-0.1, -0.05) is 48.2 Å². The van der Waals surface area contributed by atoms with Gasteiger partial charge in [-0.2, -0.15) is 0 Å². The third-order valence-electron chi connectivity index (χ3n) is 4.73. The van der Waals surface area contributed by atoms with Crippen LogP contribution in [-0.4, -0.2) is 11.7 Å². The molecule has 2 aliphatic carbocycles. The monoisotopic (exact) mass is 286 g/mol. The minimum absolute atomic E-state index is 0.0975. The van der Waals surface area contributed by atoms with Crippen LogP contribution in [0.15, 0.2) is 57.1 Å². The molecule has 0 aromatic carbocycles. The summed E-state index contributed by atoms with van der Waals surface area (Å²) in [6, 6.07) is 0. The van der Waals surface area contributed by atoms with Crippen molar-refractivity contribution in [3.8, 4) is 0 Å². The SMILES string of the molecule is C=S1C=CC=C1C1C2C=CC(C2)C1C1=CC=CS1=C. The molecule has 98 valence electrons. The number of rotatable bonds is 2. The zero-order valence-corrected chi connectivity index (χ0v) is 12.5. The number of fused-ring (bicyclic) bond motifs is 2. The zero-order chi connectivity index (χ0) is 13.0. The van der Waals surface area contributed by atoms with Crippen molar-refractivity contribution in [1.82, 2.24) is 0 Å². The molecule has 2 heterocycles. The molecule has 0 saturated heterocycles. The molecule has 6 atom stereocenters. The molecular formula is C17H18S2. The van der Waals surface area contributed by atoms with Gasteiger partial charge in [-0.15, -0.1) is 21.0 Å². The molecule has 1 saturated carbocycles. The molecule has 4 aliphatic rings. The van der Waals surface area contributed by atoms with Crippen molar-refractivity contribution < 1.29 is 0 Å². The van der Waals surface area contributed by atoms with Crippen LogP contribution >= 0.6 is 21.0 Å². The van der Waals surface area contributed by atoms with Gasteiger partial charge in [-0.3, -0.25) is 0 Å². The van der Waals surface area contributed by atoms with Crippen molar-refractivity contribution in [2.45, 2.75) is 6.42 Å². The van der Waals surface area contributed by atoms with E-state index < -0.39 is 0 Å². The van der Waals surface area contributed by atoms with Gasteiger partial charge >= 0.3 is 0 Å². The van der Waals surface area contributed by atoms with E-state index in [4.69, 9.17) is 0 Å². The lowest BCUT2D eigenvalue weighted by atomic mass is 9.82. The Hall–Kier alpha value is -0.860. The third-order valence-corrected chi connectivity index (χ3v) is 7.73. The Morgan fingerprint density at radius 2 is 1.32 bits per heavy atom.